The highest BCUT2D eigenvalue weighted by Crippen LogP contribution is 2.27. The first-order chi connectivity index (χ1) is 8.65. The Morgan fingerprint density at radius 1 is 1.28 bits per heavy atom. The van der Waals surface area contributed by atoms with E-state index in [-0.39, 0.29) is 0 Å². The third-order valence-electron chi connectivity index (χ3n) is 3.68. The van der Waals surface area contributed by atoms with E-state index in [0.29, 0.717) is 12.0 Å². The van der Waals surface area contributed by atoms with Crippen LogP contribution in [0, 0.1) is 0 Å². The lowest BCUT2D eigenvalue weighted by Crippen LogP contribution is -2.22. The Morgan fingerprint density at radius 2 is 2.11 bits per heavy atom. The van der Waals surface area contributed by atoms with Crippen LogP contribution in [0.1, 0.15) is 25.1 Å². The average Bonchev–Trinajstić information content (AvgIpc) is 2.92. The van der Waals surface area contributed by atoms with Gasteiger partial charge in [0.05, 0.1) is 5.52 Å². The molecule has 1 aliphatic heterocycles. The maximum atomic E-state index is 4.65. The summed E-state index contributed by atoms with van der Waals surface area (Å²) < 4.78 is 0. The number of pyridine rings is 1. The van der Waals surface area contributed by atoms with Crippen molar-refractivity contribution in [2.45, 2.75) is 25.3 Å². The number of nitrogens with zero attached hydrogens (tertiary/aromatic N) is 3. The van der Waals surface area contributed by atoms with Crippen molar-refractivity contribution < 1.29 is 0 Å². The third kappa shape index (κ3) is 1.84. The smallest absolute Gasteiger partial charge is 0.179 e. The molecule has 5 heteroatoms. The van der Waals surface area contributed by atoms with Crippen LogP contribution in [0.3, 0.4) is 0 Å². The second-order valence-electron chi connectivity index (χ2n) is 5.20. The maximum Gasteiger partial charge on any atom is 0.179 e. The molecule has 0 aromatic carbocycles. The maximum absolute atomic E-state index is 4.65. The van der Waals surface area contributed by atoms with Gasteiger partial charge in [0.2, 0.25) is 0 Å². The molecule has 2 unspecified atom stereocenters. The van der Waals surface area contributed by atoms with Crippen LogP contribution in [0.5, 0.6) is 0 Å². The van der Waals surface area contributed by atoms with Crippen molar-refractivity contribution in [3.63, 3.8) is 0 Å². The van der Waals surface area contributed by atoms with Crippen molar-refractivity contribution >= 4 is 17.0 Å². The van der Waals surface area contributed by atoms with Gasteiger partial charge in [0.15, 0.2) is 5.65 Å². The summed E-state index contributed by atoms with van der Waals surface area (Å²) in [6, 6.07) is 4.56. The minimum Gasteiger partial charge on any atom is -0.363 e. The topological polar surface area (TPSA) is 56.8 Å². The molecule has 2 N–H and O–H groups in total. The summed E-state index contributed by atoms with van der Waals surface area (Å²) in [7, 11) is 3.98. The van der Waals surface area contributed by atoms with Crippen LogP contribution in [0.25, 0.3) is 11.2 Å². The quantitative estimate of drug-likeness (QED) is 0.841. The predicted octanol–water partition coefficient (Wildman–Crippen LogP) is 1.49. The molecule has 0 bridgehead atoms. The zero-order valence-corrected chi connectivity index (χ0v) is 11.1. The number of aromatic amines is 1. The van der Waals surface area contributed by atoms with Gasteiger partial charge in [-0.15, -0.1) is 0 Å². The number of aromatic nitrogens is 3. The van der Waals surface area contributed by atoms with Crippen LogP contribution in [0.15, 0.2) is 12.1 Å². The summed E-state index contributed by atoms with van der Waals surface area (Å²) in [6.07, 6.45) is 1.14. The van der Waals surface area contributed by atoms with Crippen LogP contribution in [0.2, 0.25) is 0 Å². The lowest BCUT2D eigenvalue weighted by molar-refractivity contribution is 0.574. The summed E-state index contributed by atoms with van der Waals surface area (Å²) in [4.78, 5) is 14.6. The Morgan fingerprint density at radius 3 is 2.78 bits per heavy atom. The van der Waals surface area contributed by atoms with E-state index in [9.17, 15) is 0 Å². The van der Waals surface area contributed by atoms with Gasteiger partial charge in [0, 0.05) is 26.1 Å². The number of hydrogen-bond donors (Lipinski definition) is 2. The lowest BCUT2D eigenvalue weighted by atomic mass is 10.0. The standard InChI is InChI=1S/C13H19N5/c1-8-9(6-7-14-8)12-15-10-4-5-11(18(2)3)16-13(10)17-12/h4-5,8-9,14H,6-7H2,1-3H3,(H,15,16,17). The van der Waals surface area contributed by atoms with E-state index in [1.807, 2.05) is 25.1 Å². The molecule has 0 radical (unpaired) electrons. The minimum absolute atomic E-state index is 0.474. The molecule has 0 saturated carbocycles. The van der Waals surface area contributed by atoms with Crippen LogP contribution < -0.4 is 10.2 Å². The number of hydrogen-bond acceptors (Lipinski definition) is 4. The van der Waals surface area contributed by atoms with E-state index >= 15 is 0 Å². The number of rotatable bonds is 2. The van der Waals surface area contributed by atoms with Crippen LogP contribution in [-0.4, -0.2) is 41.6 Å². The van der Waals surface area contributed by atoms with Gasteiger partial charge < -0.3 is 15.2 Å². The van der Waals surface area contributed by atoms with Gasteiger partial charge in [-0.05, 0) is 32.0 Å². The fraction of sp³-hybridized carbons (Fsp3) is 0.538. The highest BCUT2D eigenvalue weighted by molar-refractivity contribution is 5.73. The first-order valence-electron chi connectivity index (χ1n) is 6.42. The highest BCUT2D eigenvalue weighted by atomic mass is 15.2. The monoisotopic (exact) mass is 245 g/mol. The molecule has 0 spiro atoms. The molecule has 2 atom stereocenters. The molecular formula is C13H19N5. The van der Waals surface area contributed by atoms with E-state index in [1.165, 1.54) is 0 Å². The molecule has 3 rings (SSSR count). The van der Waals surface area contributed by atoms with Crippen molar-refractivity contribution in [2.75, 3.05) is 25.5 Å². The van der Waals surface area contributed by atoms with Crippen molar-refractivity contribution in [1.82, 2.24) is 20.3 Å². The second-order valence-corrected chi connectivity index (χ2v) is 5.20. The normalized spacial score (nSPS) is 23.7. The van der Waals surface area contributed by atoms with E-state index < -0.39 is 0 Å². The summed E-state index contributed by atoms with van der Waals surface area (Å²) in [5.74, 6) is 2.48. The SMILES string of the molecule is CC1NCCC1c1nc2nc(N(C)C)ccc2[nH]1. The molecule has 5 nitrogen and oxygen atoms in total. The second kappa shape index (κ2) is 4.24. The number of H-pyrrole nitrogens is 1. The molecule has 1 aliphatic rings. The Kier molecular flexibility index (Phi) is 2.70. The first kappa shape index (κ1) is 11.5. The van der Waals surface area contributed by atoms with Crippen molar-refractivity contribution in [3.8, 4) is 0 Å². The fourth-order valence-electron chi connectivity index (χ4n) is 2.56. The Labute approximate surface area is 107 Å². The Hall–Kier alpha value is -1.62. The Bertz CT molecular complexity index is 560. The van der Waals surface area contributed by atoms with Gasteiger partial charge in [0.1, 0.15) is 11.6 Å². The average molecular weight is 245 g/mol. The molecule has 1 saturated heterocycles. The molecule has 1 fully saturated rings. The molecule has 2 aromatic heterocycles. The lowest BCUT2D eigenvalue weighted by Gasteiger charge is -2.11. The summed E-state index contributed by atoms with van der Waals surface area (Å²) in [6.45, 7) is 3.28. The van der Waals surface area contributed by atoms with Gasteiger partial charge in [-0.25, -0.2) is 9.97 Å². The highest BCUT2D eigenvalue weighted by Gasteiger charge is 2.27. The van der Waals surface area contributed by atoms with Crippen molar-refractivity contribution in [1.29, 1.82) is 0 Å². The number of anilines is 1. The predicted molar refractivity (Wildman–Crippen MR) is 73.0 cm³/mol. The number of fused-ring (bicyclic) bond motifs is 1. The summed E-state index contributed by atoms with van der Waals surface area (Å²) in [5.41, 5.74) is 1.84. The molecule has 18 heavy (non-hydrogen) atoms. The summed E-state index contributed by atoms with van der Waals surface area (Å²) in [5, 5.41) is 3.45. The van der Waals surface area contributed by atoms with Gasteiger partial charge >= 0.3 is 0 Å². The van der Waals surface area contributed by atoms with Crippen LogP contribution >= 0.6 is 0 Å². The minimum atomic E-state index is 0.474. The van der Waals surface area contributed by atoms with E-state index in [2.05, 4.69) is 33.3 Å². The van der Waals surface area contributed by atoms with Gasteiger partial charge in [-0.3, -0.25) is 0 Å². The fourth-order valence-corrected chi connectivity index (χ4v) is 2.56. The zero-order valence-electron chi connectivity index (χ0n) is 11.1. The van der Waals surface area contributed by atoms with Gasteiger partial charge in [-0.2, -0.15) is 0 Å². The van der Waals surface area contributed by atoms with Gasteiger partial charge in [-0.1, -0.05) is 0 Å². The van der Waals surface area contributed by atoms with E-state index in [4.69, 9.17) is 0 Å². The summed E-state index contributed by atoms with van der Waals surface area (Å²) >= 11 is 0. The Balaban J connectivity index is 2.00. The molecular weight excluding hydrogens is 226 g/mol. The molecule has 3 heterocycles. The molecule has 2 aromatic rings. The first-order valence-corrected chi connectivity index (χ1v) is 6.42. The van der Waals surface area contributed by atoms with Crippen molar-refractivity contribution in [3.05, 3.63) is 18.0 Å². The van der Waals surface area contributed by atoms with Gasteiger partial charge in [0.25, 0.3) is 0 Å². The number of imidazole rings is 1. The number of nitrogens with one attached hydrogen (secondary N) is 2. The van der Waals surface area contributed by atoms with Crippen molar-refractivity contribution in [2.24, 2.45) is 0 Å². The zero-order chi connectivity index (χ0) is 12.7. The molecule has 96 valence electrons. The molecule has 0 amide bonds. The van der Waals surface area contributed by atoms with E-state index in [1.54, 1.807) is 0 Å². The largest absolute Gasteiger partial charge is 0.363 e. The third-order valence-corrected chi connectivity index (χ3v) is 3.68. The molecule has 0 aliphatic carbocycles. The van der Waals surface area contributed by atoms with Crippen LogP contribution in [0.4, 0.5) is 5.82 Å². The van der Waals surface area contributed by atoms with E-state index in [0.717, 1.165) is 35.8 Å². The van der Waals surface area contributed by atoms with Crippen LogP contribution in [-0.2, 0) is 0 Å².